The van der Waals surface area contributed by atoms with Crippen LogP contribution in [0.3, 0.4) is 0 Å². The Balaban J connectivity index is 1.88. The van der Waals surface area contributed by atoms with Gasteiger partial charge in [0.2, 0.25) is 5.91 Å². The maximum Gasteiger partial charge on any atom is 0.294 e. The SMILES string of the molecule is Cc1cc(NC(=O)c2c(C)c(C(=O)C(=O)NC3(C(N)=O)CCCC3)n(C)c2C)ccc1F. The molecule has 1 heterocycles. The molecule has 9 heteroatoms. The van der Waals surface area contributed by atoms with E-state index in [-0.39, 0.29) is 17.1 Å². The first-order chi connectivity index (χ1) is 15.0. The van der Waals surface area contributed by atoms with Crippen molar-refractivity contribution in [1.82, 2.24) is 9.88 Å². The fourth-order valence-corrected chi connectivity index (χ4v) is 4.34. The number of benzene rings is 1. The number of hydrogen-bond acceptors (Lipinski definition) is 4. The van der Waals surface area contributed by atoms with Gasteiger partial charge in [0.15, 0.2) is 0 Å². The van der Waals surface area contributed by atoms with E-state index in [1.54, 1.807) is 27.8 Å². The molecule has 1 aromatic heterocycles. The minimum absolute atomic E-state index is 0.0538. The predicted molar refractivity (Wildman–Crippen MR) is 117 cm³/mol. The summed E-state index contributed by atoms with van der Waals surface area (Å²) < 4.78 is 15.0. The number of nitrogens with zero attached hydrogens (tertiary/aromatic N) is 1. The molecule has 1 aliphatic carbocycles. The third kappa shape index (κ3) is 4.02. The Bertz CT molecular complexity index is 1130. The zero-order valence-corrected chi connectivity index (χ0v) is 18.6. The summed E-state index contributed by atoms with van der Waals surface area (Å²) in [4.78, 5) is 50.6. The fraction of sp³-hybridized carbons (Fsp3) is 0.391. The van der Waals surface area contributed by atoms with Gasteiger partial charge in [0.1, 0.15) is 11.4 Å². The van der Waals surface area contributed by atoms with Crippen molar-refractivity contribution in [2.45, 2.75) is 52.0 Å². The maximum absolute atomic E-state index is 13.5. The van der Waals surface area contributed by atoms with E-state index in [1.807, 2.05) is 0 Å². The lowest BCUT2D eigenvalue weighted by Crippen LogP contribution is -2.57. The summed E-state index contributed by atoms with van der Waals surface area (Å²) in [6, 6.07) is 4.20. The Labute approximate surface area is 185 Å². The number of rotatable bonds is 6. The molecule has 0 saturated heterocycles. The lowest BCUT2D eigenvalue weighted by molar-refractivity contribution is -0.129. The average molecular weight is 442 g/mol. The van der Waals surface area contributed by atoms with Crippen molar-refractivity contribution >= 4 is 29.2 Å². The van der Waals surface area contributed by atoms with Crippen LogP contribution in [0.4, 0.5) is 10.1 Å². The quantitative estimate of drug-likeness (QED) is 0.470. The van der Waals surface area contributed by atoms with E-state index < -0.39 is 29.0 Å². The third-order valence-corrected chi connectivity index (χ3v) is 6.28. The highest BCUT2D eigenvalue weighted by Crippen LogP contribution is 2.30. The van der Waals surface area contributed by atoms with Crippen LogP contribution in [0.2, 0.25) is 0 Å². The van der Waals surface area contributed by atoms with Crippen LogP contribution < -0.4 is 16.4 Å². The third-order valence-electron chi connectivity index (χ3n) is 6.28. The topological polar surface area (TPSA) is 123 Å². The van der Waals surface area contributed by atoms with E-state index in [0.717, 1.165) is 12.8 Å². The van der Waals surface area contributed by atoms with Crippen molar-refractivity contribution in [2.24, 2.45) is 12.8 Å². The fourth-order valence-electron chi connectivity index (χ4n) is 4.34. The smallest absolute Gasteiger partial charge is 0.294 e. The van der Waals surface area contributed by atoms with Crippen LogP contribution in [-0.4, -0.2) is 33.6 Å². The Morgan fingerprint density at radius 3 is 2.28 bits per heavy atom. The van der Waals surface area contributed by atoms with Crippen molar-refractivity contribution in [3.05, 3.63) is 52.1 Å². The number of anilines is 1. The number of nitrogens with two attached hydrogens (primary N) is 1. The molecule has 3 rings (SSSR count). The van der Waals surface area contributed by atoms with Gasteiger partial charge in [0.05, 0.1) is 11.3 Å². The first kappa shape index (κ1) is 23.2. The number of Topliss-reactive ketones (excluding diaryl/α,β-unsaturated/α-hetero) is 1. The molecule has 8 nitrogen and oxygen atoms in total. The molecule has 0 radical (unpaired) electrons. The summed E-state index contributed by atoms with van der Waals surface area (Å²) in [5.74, 6) is -3.31. The molecule has 0 spiro atoms. The summed E-state index contributed by atoms with van der Waals surface area (Å²) in [5, 5.41) is 5.25. The Morgan fingerprint density at radius 1 is 1.09 bits per heavy atom. The first-order valence-electron chi connectivity index (χ1n) is 10.4. The van der Waals surface area contributed by atoms with Crippen LogP contribution in [0, 0.1) is 26.6 Å². The zero-order chi connectivity index (χ0) is 23.8. The zero-order valence-electron chi connectivity index (χ0n) is 18.6. The molecule has 0 unspecified atom stereocenters. The average Bonchev–Trinajstić information content (AvgIpc) is 3.28. The second-order valence-electron chi connectivity index (χ2n) is 8.35. The predicted octanol–water partition coefficient (Wildman–Crippen LogP) is 2.44. The van der Waals surface area contributed by atoms with Gasteiger partial charge in [0, 0.05) is 18.4 Å². The number of aromatic nitrogens is 1. The normalized spacial score (nSPS) is 14.8. The monoisotopic (exact) mass is 442 g/mol. The van der Waals surface area contributed by atoms with E-state index in [1.165, 1.54) is 22.8 Å². The number of hydrogen-bond donors (Lipinski definition) is 3. The largest absolute Gasteiger partial charge is 0.368 e. The molecule has 1 fully saturated rings. The van der Waals surface area contributed by atoms with E-state index in [0.29, 0.717) is 35.3 Å². The summed E-state index contributed by atoms with van der Waals surface area (Å²) in [5.41, 5.74) is 6.19. The molecular formula is C23H27FN4O4. The number of carbonyl (C=O) groups is 4. The number of amides is 3. The molecule has 1 aromatic carbocycles. The molecule has 3 amide bonds. The highest BCUT2D eigenvalue weighted by atomic mass is 19.1. The standard InChI is InChI=1S/C23H27FN4O4/c1-12-11-15(7-8-16(12)24)26-20(30)17-13(2)18(28(4)14(17)3)19(29)21(31)27-23(22(25)32)9-5-6-10-23/h7-8,11H,5-6,9-10H2,1-4H3,(H2,25,32)(H,26,30)(H,27,31). The van der Waals surface area contributed by atoms with Crippen molar-refractivity contribution < 1.29 is 23.6 Å². The van der Waals surface area contributed by atoms with Gasteiger partial charge in [-0.25, -0.2) is 4.39 Å². The summed E-state index contributed by atoms with van der Waals surface area (Å²) in [6.07, 6.45) is 2.23. The molecule has 4 N–H and O–H groups in total. The summed E-state index contributed by atoms with van der Waals surface area (Å²) in [6.45, 7) is 4.83. The summed E-state index contributed by atoms with van der Waals surface area (Å²) in [7, 11) is 1.58. The van der Waals surface area contributed by atoms with E-state index >= 15 is 0 Å². The van der Waals surface area contributed by atoms with E-state index in [4.69, 9.17) is 5.73 Å². The van der Waals surface area contributed by atoms with E-state index in [9.17, 15) is 23.6 Å². The molecule has 0 aliphatic heterocycles. The van der Waals surface area contributed by atoms with Gasteiger partial charge in [-0.3, -0.25) is 19.2 Å². The van der Waals surface area contributed by atoms with Crippen LogP contribution in [0.25, 0.3) is 0 Å². The molecule has 32 heavy (non-hydrogen) atoms. The Hall–Kier alpha value is -3.49. The van der Waals surface area contributed by atoms with Crippen LogP contribution >= 0.6 is 0 Å². The van der Waals surface area contributed by atoms with Gasteiger partial charge in [-0.1, -0.05) is 12.8 Å². The Morgan fingerprint density at radius 2 is 1.72 bits per heavy atom. The maximum atomic E-state index is 13.5. The second-order valence-corrected chi connectivity index (χ2v) is 8.35. The van der Waals surface area contributed by atoms with Crippen molar-refractivity contribution in [1.29, 1.82) is 0 Å². The highest BCUT2D eigenvalue weighted by Gasteiger charge is 2.42. The van der Waals surface area contributed by atoms with Gasteiger partial charge < -0.3 is 20.9 Å². The van der Waals surface area contributed by atoms with E-state index in [2.05, 4.69) is 10.6 Å². The van der Waals surface area contributed by atoms with Crippen LogP contribution in [0.5, 0.6) is 0 Å². The minimum Gasteiger partial charge on any atom is -0.368 e. The molecule has 0 bridgehead atoms. The van der Waals surface area contributed by atoms with Crippen molar-refractivity contribution in [3.63, 3.8) is 0 Å². The molecule has 170 valence electrons. The number of nitrogens with one attached hydrogen (secondary N) is 2. The van der Waals surface area contributed by atoms with Gasteiger partial charge in [-0.2, -0.15) is 0 Å². The van der Waals surface area contributed by atoms with Crippen LogP contribution in [0.15, 0.2) is 18.2 Å². The Kier molecular flexibility index (Phi) is 6.20. The van der Waals surface area contributed by atoms with Crippen molar-refractivity contribution in [2.75, 3.05) is 5.32 Å². The van der Waals surface area contributed by atoms with Gasteiger partial charge in [-0.15, -0.1) is 0 Å². The van der Waals surface area contributed by atoms with Crippen LogP contribution in [0.1, 0.15) is 63.4 Å². The second kappa shape index (κ2) is 8.57. The minimum atomic E-state index is -1.22. The van der Waals surface area contributed by atoms with Gasteiger partial charge in [-0.05, 0) is 62.9 Å². The molecular weight excluding hydrogens is 415 g/mol. The lowest BCUT2D eigenvalue weighted by atomic mass is 9.96. The summed E-state index contributed by atoms with van der Waals surface area (Å²) >= 11 is 0. The molecule has 0 atom stereocenters. The van der Waals surface area contributed by atoms with Crippen LogP contribution in [-0.2, 0) is 16.6 Å². The first-order valence-corrected chi connectivity index (χ1v) is 10.4. The number of aryl methyl sites for hydroxylation is 1. The highest BCUT2D eigenvalue weighted by molar-refractivity contribution is 6.43. The van der Waals surface area contributed by atoms with Gasteiger partial charge in [0.25, 0.3) is 17.6 Å². The number of primary amides is 1. The van der Waals surface area contributed by atoms with Gasteiger partial charge >= 0.3 is 0 Å². The number of carbonyl (C=O) groups excluding carboxylic acids is 4. The van der Waals surface area contributed by atoms with Crippen molar-refractivity contribution in [3.8, 4) is 0 Å². The molecule has 1 aliphatic rings. The lowest BCUT2D eigenvalue weighted by Gasteiger charge is -2.26. The number of ketones is 1. The molecule has 2 aromatic rings. The molecule has 1 saturated carbocycles. The number of halogens is 1.